The van der Waals surface area contributed by atoms with Gasteiger partial charge in [-0.25, -0.2) is 9.59 Å². The predicted octanol–water partition coefficient (Wildman–Crippen LogP) is 2.85. The molecule has 0 N–H and O–H groups in total. The zero-order valence-electron chi connectivity index (χ0n) is 11.8. The summed E-state index contributed by atoms with van der Waals surface area (Å²) in [6, 6.07) is 14.3. The first-order chi connectivity index (χ1) is 10.7. The minimum absolute atomic E-state index is 0.253. The lowest BCUT2D eigenvalue weighted by molar-refractivity contribution is 0.0443. The van der Waals surface area contributed by atoms with E-state index in [1.54, 1.807) is 12.1 Å². The summed E-state index contributed by atoms with van der Waals surface area (Å²) in [5.41, 5.74) is 0.535. The second-order valence-corrected chi connectivity index (χ2v) is 4.75. The molecule has 0 aliphatic carbocycles. The van der Waals surface area contributed by atoms with E-state index in [9.17, 15) is 9.59 Å². The first kappa shape index (κ1) is 14.1. The number of carbonyl (C=O) groups excluding carboxylic acids is 2. The largest absolute Gasteiger partial charge is 0.493 e. The number of para-hydroxylation sites is 1. The summed E-state index contributed by atoms with van der Waals surface area (Å²) in [5.74, 6) is 0.118. The van der Waals surface area contributed by atoms with Gasteiger partial charge in [-0.3, -0.25) is 0 Å². The molecule has 5 nitrogen and oxygen atoms in total. The van der Waals surface area contributed by atoms with Crippen LogP contribution in [-0.4, -0.2) is 25.2 Å². The Hall–Kier alpha value is -2.82. The Morgan fingerprint density at radius 3 is 2.23 bits per heavy atom. The van der Waals surface area contributed by atoms with Gasteiger partial charge in [0.2, 0.25) is 0 Å². The molecule has 2 aromatic rings. The van der Waals surface area contributed by atoms with Crippen molar-refractivity contribution in [3.8, 4) is 11.5 Å². The lowest BCUT2D eigenvalue weighted by Crippen LogP contribution is -2.05. The minimum Gasteiger partial charge on any atom is -0.493 e. The van der Waals surface area contributed by atoms with Crippen LogP contribution in [-0.2, 0) is 4.74 Å². The van der Waals surface area contributed by atoms with E-state index in [1.165, 1.54) is 6.07 Å². The molecule has 0 aromatic heterocycles. The highest BCUT2D eigenvalue weighted by Gasteiger charge is 2.29. The molecule has 1 heterocycles. The first-order valence-electron chi connectivity index (χ1n) is 6.95. The summed E-state index contributed by atoms with van der Waals surface area (Å²) in [7, 11) is 0. The van der Waals surface area contributed by atoms with Crippen molar-refractivity contribution in [1.29, 1.82) is 0 Å². The number of cyclic esters (lactones) is 2. The maximum absolute atomic E-state index is 11.4. The van der Waals surface area contributed by atoms with Crippen LogP contribution in [0.1, 0.15) is 27.1 Å². The van der Waals surface area contributed by atoms with Crippen molar-refractivity contribution in [3.05, 3.63) is 59.7 Å². The summed E-state index contributed by atoms with van der Waals surface area (Å²) < 4.78 is 15.6. The molecular formula is C17H14O5. The van der Waals surface area contributed by atoms with Crippen LogP contribution in [0.15, 0.2) is 48.5 Å². The Kier molecular flexibility index (Phi) is 4.05. The van der Waals surface area contributed by atoms with E-state index in [4.69, 9.17) is 9.47 Å². The zero-order valence-corrected chi connectivity index (χ0v) is 11.8. The predicted molar refractivity (Wildman–Crippen MR) is 78.2 cm³/mol. The molecule has 0 saturated carbocycles. The SMILES string of the molecule is O=C1OC(=O)c2cc(OCCCOc3ccccc3)ccc21. The van der Waals surface area contributed by atoms with Crippen LogP contribution in [0.2, 0.25) is 0 Å². The van der Waals surface area contributed by atoms with Crippen LogP contribution in [0.5, 0.6) is 11.5 Å². The van der Waals surface area contributed by atoms with Gasteiger partial charge in [-0.05, 0) is 30.3 Å². The van der Waals surface area contributed by atoms with Crippen LogP contribution >= 0.6 is 0 Å². The van der Waals surface area contributed by atoms with Gasteiger partial charge >= 0.3 is 11.9 Å². The van der Waals surface area contributed by atoms with Crippen molar-refractivity contribution in [2.75, 3.05) is 13.2 Å². The molecule has 0 spiro atoms. The zero-order chi connectivity index (χ0) is 15.4. The number of esters is 2. The maximum atomic E-state index is 11.4. The molecule has 3 rings (SSSR count). The maximum Gasteiger partial charge on any atom is 0.347 e. The number of carbonyl (C=O) groups is 2. The summed E-state index contributed by atoms with van der Waals surface area (Å²) >= 11 is 0. The number of fused-ring (bicyclic) bond motifs is 1. The number of hydrogen-bond acceptors (Lipinski definition) is 5. The Morgan fingerprint density at radius 2 is 1.45 bits per heavy atom. The normalized spacial score (nSPS) is 12.7. The first-order valence-corrected chi connectivity index (χ1v) is 6.95. The van der Waals surface area contributed by atoms with Gasteiger partial charge < -0.3 is 14.2 Å². The van der Waals surface area contributed by atoms with Crippen molar-refractivity contribution in [3.63, 3.8) is 0 Å². The molecule has 0 saturated heterocycles. The lowest BCUT2D eigenvalue weighted by atomic mass is 10.1. The number of ether oxygens (including phenoxy) is 3. The van der Waals surface area contributed by atoms with Crippen LogP contribution in [0.3, 0.4) is 0 Å². The standard InChI is InChI=1S/C17H14O5/c18-16-14-8-7-13(11-15(14)17(19)22-16)21-10-4-9-20-12-5-2-1-3-6-12/h1-3,5-8,11H,4,9-10H2. The van der Waals surface area contributed by atoms with Crippen molar-refractivity contribution in [2.24, 2.45) is 0 Å². The Balaban J connectivity index is 1.47. The third-order valence-electron chi connectivity index (χ3n) is 3.19. The van der Waals surface area contributed by atoms with Crippen molar-refractivity contribution in [2.45, 2.75) is 6.42 Å². The average Bonchev–Trinajstić information content (AvgIpc) is 2.82. The molecule has 0 amide bonds. The van der Waals surface area contributed by atoms with E-state index in [0.717, 1.165) is 5.75 Å². The number of benzene rings is 2. The number of hydrogen-bond donors (Lipinski definition) is 0. The van der Waals surface area contributed by atoms with Crippen molar-refractivity contribution < 1.29 is 23.8 Å². The molecule has 0 fully saturated rings. The third kappa shape index (κ3) is 3.09. The smallest absolute Gasteiger partial charge is 0.347 e. The van der Waals surface area contributed by atoms with Crippen LogP contribution in [0.4, 0.5) is 0 Å². The van der Waals surface area contributed by atoms with E-state index in [0.29, 0.717) is 25.4 Å². The highest BCUT2D eigenvalue weighted by atomic mass is 16.6. The molecule has 22 heavy (non-hydrogen) atoms. The molecule has 2 aromatic carbocycles. The quantitative estimate of drug-likeness (QED) is 0.466. The van der Waals surface area contributed by atoms with Gasteiger partial charge in [-0.15, -0.1) is 0 Å². The van der Waals surface area contributed by atoms with Crippen LogP contribution in [0, 0.1) is 0 Å². The Morgan fingerprint density at radius 1 is 0.773 bits per heavy atom. The van der Waals surface area contributed by atoms with E-state index < -0.39 is 11.9 Å². The molecule has 0 atom stereocenters. The molecule has 112 valence electrons. The van der Waals surface area contributed by atoms with E-state index in [1.807, 2.05) is 30.3 Å². The molecule has 0 radical (unpaired) electrons. The average molecular weight is 298 g/mol. The number of rotatable bonds is 6. The summed E-state index contributed by atoms with van der Waals surface area (Å²) in [5, 5.41) is 0. The minimum atomic E-state index is -0.627. The van der Waals surface area contributed by atoms with Gasteiger partial charge in [0, 0.05) is 6.42 Å². The molecule has 5 heteroatoms. The Bertz CT molecular complexity index is 693. The topological polar surface area (TPSA) is 61.8 Å². The van der Waals surface area contributed by atoms with Gasteiger partial charge in [0.15, 0.2) is 0 Å². The highest BCUT2D eigenvalue weighted by molar-refractivity contribution is 6.14. The molecule has 0 unspecified atom stereocenters. The van der Waals surface area contributed by atoms with Crippen LogP contribution < -0.4 is 9.47 Å². The molecular weight excluding hydrogens is 284 g/mol. The van der Waals surface area contributed by atoms with E-state index in [-0.39, 0.29) is 11.1 Å². The van der Waals surface area contributed by atoms with Crippen LogP contribution in [0.25, 0.3) is 0 Å². The van der Waals surface area contributed by atoms with E-state index in [2.05, 4.69) is 4.74 Å². The summed E-state index contributed by atoms with van der Waals surface area (Å²) in [4.78, 5) is 22.8. The van der Waals surface area contributed by atoms with Gasteiger partial charge in [-0.1, -0.05) is 18.2 Å². The molecule has 1 aliphatic heterocycles. The summed E-state index contributed by atoms with van der Waals surface area (Å²) in [6.07, 6.45) is 0.704. The fourth-order valence-electron chi connectivity index (χ4n) is 2.11. The fourth-order valence-corrected chi connectivity index (χ4v) is 2.11. The van der Waals surface area contributed by atoms with Gasteiger partial charge in [0.05, 0.1) is 24.3 Å². The third-order valence-corrected chi connectivity index (χ3v) is 3.19. The van der Waals surface area contributed by atoms with Gasteiger partial charge in [-0.2, -0.15) is 0 Å². The van der Waals surface area contributed by atoms with Gasteiger partial charge in [0.1, 0.15) is 11.5 Å². The molecule has 1 aliphatic rings. The fraction of sp³-hybridized carbons (Fsp3) is 0.176. The highest BCUT2D eigenvalue weighted by Crippen LogP contribution is 2.24. The van der Waals surface area contributed by atoms with Crippen molar-refractivity contribution in [1.82, 2.24) is 0 Å². The second kappa shape index (κ2) is 6.30. The monoisotopic (exact) mass is 298 g/mol. The molecule has 0 bridgehead atoms. The lowest BCUT2D eigenvalue weighted by Gasteiger charge is -2.08. The van der Waals surface area contributed by atoms with Crippen molar-refractivity contribution >= 4 is 11.9 Å². The second-order valence-electron chi connectivity index (χ2n) is 4.75. The Labute approximate surface area is 127 Å². The van der Waals surface area contributed by atoms with Gasteiger partial charge in [0.25, 0.3) is 0 Å². The summed E-state index contributed by atoms with van der Waals surface area (Å²) in [6.45, 7) is 0.990. The van der Waals surface area contributed by atoms with E-state index >= 15 is 0 Å².